The molecule has 0 saturated carbocycles. The number of amides is 1. The second-order valence-corrected chi connectivity index (χ2v) is 5.68. The van der Waals surface area contributed by atoms with Crippen LogP contribution in [0.1, 0.15) is 23.3 Å². The van der Waals surface area contributed by atoms with E-state index < -0.39 is 17.5 Å². The summed E-state index contributed by atoms with van der Waals surface area (Å²) in [6.07, 6.45) is 2.67. The van der Waals surface area contributed by atoms with Crippen LogP contribution in [0.4, 0.5) is 14.5 Å². The number of carbonyl (C=O) groups excluding carboxylic acids is 1. The second-order valence-electron chi connectivity index (χ2n) is 5.68. The van der Waals surface area contributed by atoms with Crippen molar-refractivity contribution in [1.29, 1.82) is 0 Å². The maximum absolute atomic E-state index is 13.6. The molecule has 0 aliphatic carbocycles. The van der Waals surface area contributed by atoms with Gasteiger partial charge in [0.05, 0.1) is 11.9 Å². The molecule has 25 heavy (non-hydrogen) atoms. The van der Waals surface area contributed by atoms with Crippen molar-refractivity contribution in [3.8, 4) is 5.75 Å². The summed E-state index contributed by atoms with van der Waals surface area (Å²) in [5.41, 5.74) is 0.817. The summed E-state index contributed by atoms with van der Waals surface area (Å²) in [7, 11) is 0. The minimum Gasteiger partial charge on any atom is -0.487 e. The van der Waals surface area contributed by atoms with E-state index in [0.29, 0.717) is 25.9 Å². The van der Waals surface area contributed by atoms with Crippen molar-refractivity contribution in [2.45, 2.75) is 18.9 Å². The molecule has 0 unspecified atom stereocenters. The molecule has 8 heteroatoms. The Morgan fingerprint density at radius 1 is 1.20 bits per heavy atom. The minimum absolute atomic E-state index is 0.00348. The van der Waals surface area contributed by atoms with Crippen molar-refractivity contribution in [3.05, 3.63) is 58.8 Å². The number of halogens is 2. The van der Waals surface area contributed by atoms with Crippen LogP contribution in [-0.4, -0.2) is 30.1 Å². The molecule has 1 amide bonds. The van der Waals surface area contributed by atoms with Crippen molar-refractivity contribution in [2.24, 2.45) is 5.18 Å². The number of rotatable bonds is 4. The summed E-state index contributed by atoms with van der Waals surface area (Å²) in [6.45, 7) is 1.32. The fourth-order valence-corrected chi connectivity index (χ4v) is 2.73. The summed E-state index contributed by atoms with van der Waals surface area (Å²) in [5, 5.41) is 2.33. The lowest BCUT2D eigenvalue weighted by atomic mass is 10.1. The van der Waals surface area contributed by atoms with Crippen LogP contribution in [0.25, 0.3) is 0 Å². The first-order chi connectivity index (χ1) is 12.1. The third-order valence-corrected chi connectivity index (χ3v) is 4.04. The number of pyridine rings is 1. The Hall–Kier alpha value is -2.90. The van der Waals surface area contributed by atoms with Gasteiger partial charge in [0, 0.05) is 37.2 Å². The van der Waals surface area contributed by atoms with E-state index in [1.54, 1.807) is 6.07 Å². The molecule has 1 aliphatic heterocycles. The molecule has 0 spiro atoms. The Bertz CT molecular complexity index is 775. The summed E-state index contributed by atoms with van der Waals surface area (Å²) in [4.78, 5) is 27.3. The summed E-state index contributed by atoms with van der Waals surface area (Å²) >= 11 is 0. The third kappa shape index (κ3) is 3.96. The van der Waals surface area contributed by atoms with Crippen LogP contribution in [0.15, 0.2) is 41.7 Å². The molecule has 0 atom stereocenters. The number of nitroso groups, excluding NO2 is 1. The van der Waals surface area contributed by atoms with Gasteiger partial charge in [-0.05, 0) is 24.3 Å². The highest BCUT2D eigenvalue weighted by atomic mass is 19.1. The van der Waals surface area contributed by atoms with Gasteiger partial charge < -0.3 is 9.64 Å². The molecule has 6 nitrogen and oxygen atoms in total. The number of piperidine rings is 1. The number of nitrogens with zero attached hydrogens (tertiary/aromatic N) is 3. The van der Waals surface area contributed by atoms with E-state index in [0.717, 1.165) is 17.8 Å². The van der Waals surface area contributed by atoms with E-state index >= 15 is 0 Å². The van der Waals surface area contributed by atoms with E-state index in [2.05, 4.69) is 15.1 Å². The third-order valence-electron chi connectivity index (χ3n) is 4.04. The van der Waals surface area contributed by atoms with Gasteiger partial charge in [-0.15, -0.1) is 4.91 Å². The highest BCUT2D eigenvalue weighted by Gasteiger charge is 2.22. The van der Waals surface area contributed by atoms with Gasteiger partial charge in [0.2, 0.25) is 0 Å². The Morgan fingerprint density at radius 3 is 2.56 bits per heavy atom. The van der Waals surface area contributed by atoms with Crippen LogP contribution in [0.3, 0.4) is 0 Å². The predicted octanol–water partition coefficient (Wildman–Crippen LogP) is 3.31. The van der Waals surface area contributed by atoms with E-state index in [9.17, 15) is 18.5 Å². The van der Waals surface area contributed by atoms with E-state index in [1.165, 1.54) is 18.3 Å². The first kappa shape index (κ1) is 16.9. The van der Waals surface area contributed by atoms with Crippen LogP contribution >= 0.6 is 0 Å². The predicted molar refractivity (Wildman–Crippen MR) is 86.6 cm³/mol. The number of carbonyl (C=O) groups is 1. The molecule has 0 N–H and O–H groups in total. The fourth-order valence-electron chi connectivity index (χ4n) is 2.73. The lowest BCUT2D eigenvalue weighted by molar-refractivity contribution is 0.0996. The Morgan fingerprint density at radius 2 is 1.96 bits per heavy atom. The molecule has 1 saturated heterocycles. The molecule has 130 valence electrons. The number of hydrogen-bond acceptors (Lipinski definition) is 5. The van der Waals surface area contributed by atoms with Crippen molar-refractivity contribution in [3.63, 3.8) is 0 Å². The summed E-state index contributed by atoms with van der Waals surface area (Å²) in [6, 6.07) is 6.41. The first-order valence-corrected chi connectivity index (χ1v) is 7.77. The molecule has 1 aromatic carbocycles. The van der Waals surface area contributed by atoms with Crippen molar-refractivity contribution < 1.29 is 18.3 Å². The van der Waals surface area contributed by atoms with Gasteiger partial charge in [0.25, 0.3) is 0 Å². The molecule has 1 aromatic heterocycles. The van der Waals surface area contributed by atoms with Crippen molar-refractivity contribution >= 4 is 11.6 Å². The maximum Gasteiger partial charge on any atom is 0.334 e. The normalized spacial score (nSPS) is 15.0. The van der Waals surface area contributed by atoms with Crippen LogP contribution in [0.2, 0.25) is 0 Å². The smallest absolute Gasteiger partial charge is 0.334 e. The second kappa shape index (κ2) is 7.33. The quantitative estimate of drug-likeness (QED) is 0.794. The van der Waals surface area contributed by atoms with E-state index in [-0.39, 0.29) is 17.5 Å². The molecule has 3 rings (SSSR count). The van der Waals surface area contributed by atoms with Crippen LogP contribution < -0.4 is 9.64 Å². The largest absolute Gasteiger partial charge is 0.487 e. The number of anilines is 1. The van der Waals surface area contributed by atoms with Crippen molar-refractivity contribution in [1.82, 2.24) is 4.98 Å². The molecule has 0 bridgehead atoms. The lowest BCUT2D eigenvalue weighted by Gasteiger charge is -2.33. The molecule has 0 radical (unpaired) electrons. The summed E-state index contributed by atoms with van der Waals surface area (Å²) in [5.74, 6) is -2.21. The Balaban J connectivity index is 1.58. The number of hydrogen-bond donors (Lipinski definition) is 0. The zero-order valence-electron chi connectivity index (χ0n) is 13.2. The Kier molecular flexibility index (Phi) is 4.97. The molecule has 1 aliphatic rings. The SMILES string of the molecule is O=NC(=O)c1ccc(N2CCC(Oc3ccc(F)cc3F)CC2)cn1. The maximum atomic E-state index is 13.6. The van der Waals surface area contributed by atoms with Gasteiger partial charge in [-0.25, -0.2) is 13.8 Å². The van der Waals surface area contributed by atoms with Gasteiger partial charge in [0.15, 0.2) is 11.6 Å². The number of ether oxygens (including phenoxy) is 1. The van der Waals surface area contributed by atoms with Crippen LogP contribution in [0, 0.1) is 16.5 Å². The van der Waals surface area contributed by atoms with Crippen molar-refractivity contribution in [2.75, 3.05) is 18.0 Å². The minimum atomic E-state index is -0.903. The zero-order chi connectivity index (χ0) is 17.8. The van der Waals surface area contributed by atoms with Crippen LogP contribution in [-0.2, 0) is 0 Å². The number of benzene rings is 1. The van der Waals surface area contributed by atoms with Crippen LogP contribution in [0.5, 0.6) is 5.75 Å². The van der Waals surface area contributed by atoms with Gasteiger partial charge in [-0.3, -0.25) is 4.79 Å². The molecule has 2 heterocycles. The van der Waals surface area contributed by atoms with Gasteiger partial charge in [0.1, 0.15) is 17.6 Å². The summed E-state index contributed by atoms with van der Waals surface area (Å²) < 4.78 is 32.2. The Labute approximate surface area is 142 Å². The average Bonchev–Trinajstić information content (AvgIpc) is 2.64. The molecular formula is C17H15F2N3O3. The first-order valence-electron chi connectivity index (χ1n) is 7.77. The zero-order valence-corrected chi connectivity index (χ0v) is 13.2. The monoisotopic (exact) mass is 347 g/mol. The average molecular weight is 347 g/mol. The fraction of sp³-hybridized carbons (Fsp3) is 0.294. The highest BCUT2D eigenvalue weighted by Crippen LogP contribution is 2.25. The molecule has 1 fully saturated rings. The highest BCUT2D eigenvalue weighted by molar-refractivity contribution is 5.92. The van der Waals surface area contributed by atoms with E-state index in [4.69, 9.17) is 4.74 Å². The van der Waals surface area contributed by atoms with Gasteiger partial charge in [-0.1, -0.05) is 0 Å². The standard InChI is InChI=1S/C17H15F2N3O3/c18-11-1-4-16(14(19)9-11)25-13-5-7-22(8-6-13)12-2-3-15(20-10-12)17(23)21-24/h1-4,9-10,13H,5-8H2. The number of aromatic nitrogens is 1. The van der Waals surface area contributed by atoms with Gasteiger partial charge in [-0.2, -0.15) is 0 Å². The van der Waals surface area contributed by atoms with Gasteiger partial charge >= 0.3 is 5.91 Å². The topological polar surface area (TPSA) is 71.9 Å². The molecular weight excluding hydrogens is 332 g/mol. The lowest BCUT2D eigenvalue weighted by Crippen LogP contribution is -2.38. The van der Waals surface area contributed by atoms with E-state index in [1.807, 2.05) is 0 Å². The molecule has 2 aromatic rings.